The fourth-order valence-electron chi connectivity index (χ4n) is 2.97. The third-order valence-corrected chi connectivity index (χ3v) is 5.06. The van der Waals surface area contributed by atoms with Gasteiger partial charge in [0.25, 0.3) is 11.6 Å². The van der Waals surface area contributed by atoms with Crippen molar-refractivity contribution in [2.75, 3.05) is 6.54 Å². The summed E-state index contributed by atoms with van der Waals surface area (Å²) in [5.74, 6) is -0.0569. The maximum atomic E-state index is 12.7. The molecule has 0 bridgehead atoms. The van der Waals surface area contributed by atoms with Gasteiger partial charge in [-0.3, -0.25) is 14.9 Å². The van der Waals surface area contributed by atoms with Crippen LogP contribution in [0.3, 0.4) is 0 Å². The molecule has 0 fully saturated rings. The lowest BCUT2D eigenvalue weighted by atomic mass is 9.97. The lowest BCUT2D eigenvalue weighted by molar-refractivity contribution is -0.384. The van der Waals surface area contributed by atoms with Crippen molar-refractivity contribution >= 4 is 22.9 Å². The van der Waals surface area contributed by atoms with Gasteiger partial charge in [-0.15, -0.1) is 11.3 Å². The van der Waals surface area contributed by atoms with Crippen LogP contribution in [0.2, 0.25) is 0 Å². The van der Waals surface area contributed by atoms with Gasteiger partial charge in [0.1, 0.15) is 0 Å². The van der Waals surface area contributed by atoms with Crippen molar-refractivity contribution in [3.63, 3.8) is 0 Å². The molecule has 1 aliphatic heterocycles. The van der Waals surface area contributed by atoms with E-state index < -0.39 is 4.92 Å². The zero-order chi connectivity index (χ0) is 15.7. The SMILES string of the molecule is CCC1c2ccsc2CCN1C(=O)c1ccc([N+](=O)[O-])cc1. The first-order chi connectivity index (χ1) is 10.6. The van der Waals surface area contributed by atoms with E-state index in [0.29, 0.717) is 12.1 Å². The minimum atomic E-state index is -0.457. The third kappa shape index (κ3) is 2.50. The lowest BCUT2D eigenvalue weighted by Gasteiger charge is -2.35. The second-order valence-electron chi connectivity index (χ2n) is 5.28. The first-order valence-corrected chi connectivity index (χ1v) is 8.11. The van der Waals surface area contributed by atoms with E-state index in [4.69, 9.17) is 0 Å². The first kappa shape index (κ1) is 14.7. The molecule has 5 nitrogen and oxygen atoms in total. The molecule has 1 amide bonds. The van der Waals surface area contributed by atoms with Gasteiger partial charge in [-0.1, -0.05) is 6.92 Å². The Morgan fingerprint density at radius 2 is 2.09 bits per heavy atom. The Balaban J connectivity index is 1.87. The van der Waals surface area contributed by atoms with Gasteiger partial charge < -0.3 is 4.90 Å². The molecular weight excluding hydrogens is 300 g/mol. The van der Waals surface area contributed by atoms with Crippen LogP contribution in [0.15, 0.2) is 35.7 Å². The molecular formula is C16H16N2O3S. The molecule has 2 heterocycles. The van der Waals surface area contributed by atoms with Gasteiger partial charge in [0.15, 0.2) is 0 Å². The molecule has 1 atom stereocenters. The Bertz CT molecular complexity index is 708. The van der Waals surface area contributed by atoms with Crippen molar-refractivity contribution in [2.24, 2.45) is 0 Å². The molecule has 0 saturated heterocycles. The number of rotatable bonds is 3. The van der Waals surface area contributed by atoms with E-state index in [2.05, 4.69) is 18.4 Å². The summed E-state index contributed by atoms with van der Waals surface area (Å²) in [5, 5.41) is 12.8. The molecule has 1 aliphatic rings. The van der Waals surface area contributed by atoms with Gasteiger partial charge in [-0.25, -0.2) is 0 Å². The Morgan fingerprint density at radius 3 is 2.73 bits per heavy atom. The number of nitro benzene ring substituents is 1. The Kier molecular flexibility index (Phi) is 3.94. The van der Waals surface area contributed by atoms with E-state index in [1.165, 1.54) is 34.7 Å². The van der Waals surface area contributed by atoms with Crippen LogP contribution < -0.4 is 0 Å². The molecule has 114 valence electrons. The molecule has 22 heavy (non-hydrogen) atoms. The summed E-state index contributed by atoms with van der Waals surface area (Å²) in [6.07, 6.45) is 1.74. The number of nitro groups is 1. The second-order valence-corrected chi connectivity index (χ2v) is 6.28. The number of hydrogen-bond donors (Lipinski definition) is 0. The zero-order valence-electron chi connectivity index (χ0n) is 12.2. The minimum Gasteiger partial charge on any atom is -0.331 e. The van der Waals surface area contributed by atoms with Crippen molar-refractivity contribution in [2.45, 2.75) is 25.8 Å². The number of nitrogens with zero attached hydrogens (tertiary/aromatic N) is 2. The van der Waals surface area contributed by atoms with E-state index in [1.54, 1.807) is 11.3 Å². The van der Waals surface area contributed by atoms with E-state index in [-0.39, 0.29) is 17.6 Å². The molecule has 2 aromatic rings. The van der Waals surface area contributed by atoms with E-state index in [9.17, 15) is 14.9 Å². The van der Waals surface area contributed by atoms with Crippen LogP contribution in [-0.2, 0) is 6.42 Å². The molecule has 3 rings (SSSR count). The van der Waals surface area contributed by atoms with Gasteiger partial charge in [-0.05, 0) is 42.0 Å². The minimum absolute atomic E-state index is 0.00218. The number of thiophene rings is 1. The smallest absolute Gasteiger partial charge is 0.269 e. The topological polar surface area (TPSA) is 63.5 Å². The third-order valence-electron chi connectivity index (χ3n) is 4.07. The average molecular weight is 316 g/mol. The van der Waals surface area contributed by atoms with Crippen molar-refractivity contribution in [1.29, 1.82) is 0 Å². The summed E-state index contributed by atoms with van der Waals surface area (Å²) in [6.45, 7) is 2.77. The molecule has 0 spiro atoms. The predicted molar refractivity (Wildman–Crippen MR) is 85.2 cm³/mol. The van der Waals surface area contributed by atoms with E-state index in [0.717, 1.165) is 12.8 Å². The predicted octanol–water partition coefficient (Wildman–Crippen LogP) is 3.81. The number of carbonyl (C=O) groups is 1. The first-order valence-electron chi connectivity index (χ1n) is 7.23. The highest BCUT2D eigenvalue weighted by atomic mass is 32.1. The normalized spacial score (nSPS) is 17.1. The molecule has 0 radical (unpaired) electrons. The van der Waals surface area contributed by atoms with Crippen LogP contribution in [0.25, 0.3) is 0 Å². The number of hydrogen-bond acceptors (Lipinski definition) is 4. The van der Waals surface area contributed by atoms with Crippen molar-refractivity contribution in [1.82, 2.24) is 4.90 Å². The van der Waals surface area contributed by atoms with E-state index in [1.807, 2.05) is 4.90 Å². The summed E-state index contributed by atoms with van der Waals surface area (Å²) in [7, 11) is 0. The van der Waals surface area contributed by atoms with Crippen molar-refractivity contribution in [3.8, 4) is 0 Å². The number of fused-ring (bicyclic) bond motifs is 1. The Labute approximate surface area is 132 Å². The quantitative estimate of drug-likeness (QED) is 0.639. The van der Waals surface area contributed by atoms with Crippen molar-refractivity contribution < 1.29 is 9.72 Å². The van der Waals surface area contributed by atoms with Crippen LogP contribution in [-0.4, -0.2) is 22.3 Å². The zero-order valence-corrected chi connectivity index (χ0v) is 13.0. The molecule has 0 aliphatic carbocycles. The molecule has 0 N–H and O–H groups in total. The number of benzene rings is 1. The van der Waals surface area contributed by atoms with Crippen LogP contribution in [0, 0.1) is 10.1 Å². The molecule has 1 aromatic heterocycles. The fourth-order valence-corrected chi connectivity index (χ4v) is 3.90. The Morgan fingerprint density at radius 1 is 1.36 bits per heavy atom. The summed E-state index contributed by atoms with van der Waals surface area (Å²) < 4.78 is 0. The van der Waals surface area contributed by atoms with Gasteiger partial charge in [0.05, 0.1) is 11.0 Å². The van der Waals surface area contributed by atoms with Gasteiger partial charge in [-0.2, -0.15) is 0 Å². The summed E-state index contributed by atoms with van der Waals surface area (Å²) in [4.78, 5) is 26.2. The number of non-ortho nitro benzene ring substituents is 1. The number of amides is 1. The van der Waals surface area contributed by atoms with Crippen LogP contribution in [0.4, 0.5) is 5.69 Å². The highest BCUT2D eigenvalue weighted by molar-refractivity contribution is 7.10. The highest BCUT2D eigenvalue weighted by Gasteiger charge is 2.30. The molecule has 6 heteroatoms. The molecule has 1 aromatic carbocycles. The molecule has 1 unspecified atom stereocenters. The van der Waals surface area contributed by atoms with Crippen LogP contribution in [0.5, 0.6) is 0 Å². The number of carbonyl (C=O) groups excluding carboxylic acids is 1. The summed E-state index contributed by atoms with van der Waals surface area (Å²) in [6, 6.07) is 8.04. The van der Waals surface area contributed by atoms with Crippen LogP contribution >= 0.6 is 11.3 Å². The summed E-state index contributed by atoms with van der Waals surface area (Å²) in [5.41, 5.74) is 1.75. The summed E-state index contributed by atoms with van der Waals surface area (Å²) >= 11 is 1.75. The van der Waals surface area contributed by atoms with Gasteiger partial charge >= 0.3 is 0 Å². The largest absolute Gasteiger partial charge is 0.331 e. The fraction of sp³-hybridized carbons (Fsp3) is 0.312. The maximum Gasteiger partial charge on any atom is 0.269 e. The van der Waals surface area contributed by atoms with Gasteiger partial charge in [0.2, 0.25) is 0 Å². The Hall–Kier alpha value is -2.21. The molecule has 0 saturated carbocycles. The van der Waals surface area contributed by atoms with Crippen LogP contribution in [0.1, 0.15) is 40.2 Å². The average Bonchev–Trinajstić information content (AvgIpc) is 3.01. The van der Waals surface area contributed by atoms with E-state index >= 15 is 0 Å². The highest BCUT2D eigenvalue weighted by Crippen LogP contribution is 2.36. The maximum absolute atomic E-state index is 12.7. The van der Waals surface area contributed by atoms with Crippen molar-refractivity contribution in [3.05, 3.63) is 61.8 Å². The second kappa shape index (κ2) is 5.88. The monoisotopic (exact) mass is 316 g/mol. The standard InChI is InChI=1S/C16H16N2O3S/c1-2-14-13-8-10-22-15(13)7-9-17(14)16(19)11-3-5-12(6-4-11)18(20)21/h3-6,8,10,14H,2,7,9H2,1H3. The lowest BCUT2D eigenvalue weighted by Crippen LogP contribution is -2.39. The van der Waals surface area contributed by atoms with Gasteiger partial charge in [0, 0.05) is 29.1 Å².